The van der Waals surface area contributed by atoms with Crippen LogP contribution in [0.4, 0.5) is 11.4 Å². The first kappa shape index (κ1) is 17.4. The summed E-state index contributed by atoms with van der Waals surface area (Å²) < 4.78 is 27.0. The standard InChI is InChI=1S/C14H14BrN3O4S/c15-13-10-11(18(19)20)6-7-14(13)16-8-9-17-23(21,22)12-4-2-1-3-5-12/h1-7,10,16-17H,8-9H2. The summed E-state index contributed by atoms with van der Waals surface area (Å²) in [5, 5.41) is 13.7. The molecule has 23 heavy (non-hydrogen) atoms. The van der Waals surface area contributed by atoms with Crippen molar-refractivity contribution in [2.75, 3.05) is 18.4 Å². The van der Waals surface area contributed by atoms with Gasteiger partial charge < -0.3 is 5.32 Å². The highest BCUT2D eigenvalue weighted by atomic mass is 79.9. The lowest BCUT2D eigenvalue weighted by molar-refractivity contribution is -0.384. The van der Waals surface area contributed by atoms with Crippen LogP contribution in [0.3, 0.4) is 0 Å². The number of sulfonamides is 1. The summed E-state index contributed by atoms with van der Waals surface area (Å²) >= 11 is 3.24. The summed E-state index contributed by atoms with van der Waals surface area (Å²) in [7, 11) is -3.53. The van der Waals surface area contributed by atoms with E-state index in [2.05, 4.69) is 26.0 Å². The van der Waals surface area contributed by atoms with Crippen molar-refractivity contribution in [2.24, 2.45) is 0 Å². The first-order valence-electron chi connectivity index (χ1n) is 6.63. The van der Waals surface area contributed by atoms with Crippen molar-refractivity contribution >= 4 is 37.3 Å². The fourth-order valence-electron chi connectivity index (χ4n) is 1.83. The number of hydrogen-bond donors (Lipinski definition) is 2. The molecular weight excluding hydrogens is 386 g/mol. The van der Waals surface area contributed by atoms with Crippen LogP contribution >= 0.6 is 15.9 Å². The van der Waals surface area contributed by atoms with Crippen molar-refractivity contribution in [2.45, 2.75) is 4.90 Å². The molecule has 0 bridgehead atoms. The van der Waals surface area contributed by atoms with E-state index in [0.717, 1.165) is 0 Å². The van der Waals surface area contributed by atoms with Crippen molar-refractivity contribution in [3.63, 3.8) is 0 Å². The molecule has 7 nitrogen and oxygen atoms in total. The Hall–Kier alpha value is -1.97. The van der Waals surface area contributed by atoms with Crippen molar-refractivity contribution in [3.05, 3.63) is 63.1 Å². The number of nitro groups is 1. The summed E-state index contributed by atoms with van der Waals surface area (Å²) in [6.07, 6.45) is 0. The zero-order valence-corrected chi connectivity index (χ0v) is 14.3. The Morgan fingerprint density at radius 3 is 2.39 bits per heavy atom. The van der Waals surface area contributed by atoms with E-state index in [1.54, 1.807) is 24.3 Å². The van der Waals surface area contributed by atoms with E-state index in [-0.39, 0.29) is 17.1 Å². The Morgan fingerprint density at radius 2 is 1.78 bits per heavy atom. The first-order valence-corrected chi connectivity index (χ1v) is 8.90. The molecule has 0 radical (unpaired) electrons. The average molecular weight is 400 g/mol. The Balaban J connectivity index is 1.90. The second-order valence-corrected chi connectivity index (χ2v) is 7.18. The predicted molar refractivity (Wildman–Crippen MR) is 90.9 cm³/mol. The number of non-ortho nitro benzene ring substituents is 1. The minimum absolute atomic E-state index is 0.0211. The van der Waals surface area contributed by atoms with Gasteiger partial charge in [0.2, 0.25) is 10.0 Å². The van der Waals surface area contributed by atoms with E-state index in [9.17, 15) is 18.5 Å². The van der Waals surface area contributed by atoms with E-state index < -0.39 is 14.9 Å². The molecule has 0 spiro atoms. The molecule has 2 rings (SSSR count). The molecule has 0 saturated carbocycles. The Bertz CT molecular complexity index is 797. The van der Waals surface area contributed by atoms with Crippen molar-refractivity contribution in [3.8, 4) is 0 Å². The molecule has 122 valence electrons. The van der Waals surface area contributed by atoms with Gasteiger partial charge >= 0.3 is 0 Å². The van der Waals surface area contributed by atoms with E-state index in [0.29, 0.717) is 16.7 Å². The molecule has 0 aliphatic heterocycles. The number of nitrogens with one attached hydrogen (secondary N) is 2. The molecule has 0 atom stereocenters. The number of nitro benzene ring substituents is 1. The zero-order valence-electron chi connectivity index (χ0n) is 11.9. The summed E-state index contributed by atoms with van der Waals surface area (Å²) in [5.41, 5.74) is 0.627. The molecule has 0 aliphatic carbocycles. The van der Waals surface area contributed by atoms with Gasteiger partial charge in [0, 0.05) is 35.4 Å². The van der Waals surface area contributed by atoms with Gasteiger partial charge in [-0.05, 0) is 34.1 Å². The van der Waals surface area contributed by atoms with Gasteiger partial charge in [0.15, 0.2) is 0 Å². The third-order valence-electron chi connectivity index (χ3n) is 2.95. The quantitative estimate of drug-likeness (QED) is 0.423. The maximum atomic E-state index is 12.0. The van der Waals surface area contributed by atoms with Crippen LogP contribution in [-0.2, 0) is 10.0 Å². The number of hydrogen-bond acceptors (Lipinski definition) is 5. The van der Waals surface area contributed by atoms with Gasteiger partial charge in [0.1, 0.15) is 0 Å². The third-order valence-corrected chi connectivity index (χ3v) is 5.08. The van der Waals surface area contributed by atoms with Crippen LogP contribution in [0.25, 0.3) is 0 Å². The lowest BCUT2D eigenvalue weighted by atomic mass is 10.3. The summed E-state index contributed by atoms with van der Waals surface area (Å²) in [4.78, 5) is 10.4. The molecule has 9 heteroatoms. The lowest BCUT2D eigenvalue weighted by Gasteiger charge is -2.10. The minimum atomic E-state index is -3.53. The molecule has 2 N–H and O–H groups in total. The fourth-order valence-corrected chi connectivity index (χ4v) is 3.39. The van der Waals surface area contributed by atoms with Gasteiger partial charge in [0.25, 0.3) is 5.69 Å². The maximum absolute atomic E-state index is 12.0. The minimum Gasteiger partial charge on any atom is -0.383 e. The number of halogens is 1. The number of nitrogens with zero attached hydrogens (tertiary/aromatic N) is 1. The topological polar surface area (TPSA) is 101 Å². The highest BCUT2D eigenvalue weighted by Crippen LogP contribution is 2.26. The fraction of sp³-hybridized carbons (Fsp3) is 0.143. The Kier molecular flexibility index (Phi) is 5.69. The van der Waals surface area contributed by atoms with E-state index in [4.69, 9.17) is 0 Å². The molecule has 2 aromatic carbocycles. The second kappa shape index (κ2) is 7.53. The molecule has 0 unspecified atom stereocenters. The van der Waals surface area contributed by atoms with Gasteiger partial charge in [-0.2, -0.15) is 0 Å². The van der Waals surface area contributed by atoms with Crippen molar-refractivity contribution < 1.29 is 13.3 Å². The summed E-state index contributed by atoms with van der Waals surface area (Å²) in [5.74, 6) is 0. The van der Waals surface area contributed by atoms with E-state index in [1.807, 2.05) is 0 Å². The van der Waals surface area contributed by atoms with Gasteiger partial charge in [-0.1, -0.05) is 18.2 Å². The van der Waals surface area contributed by atoms with Crippen LogP contribution in [0, 0.1) is 10.1 Å². The molecule has 0 aromatic heterocycles. The van der Waals surface area contributed by atoms with E-state index in [1.165, 1.54) is 24.3 Å². The highest BCUT2D eigenvalue weighted by molar-refractivity contribution is 9.10. The molecule has 0 saturated heterocycles. The zero-order chi connectivity index (χ0) is 16.9. The number of rotatable bonds is 7. The largest absolute Gasteiger partial charge is 0.383 e. The van der Waals surface area contributed by atoms with Crippen LogP contribution in [0.15, 0.2) is 57.9 Å². The molecule has 0 aliphatic rings. The highest BCUT2D eigenvalue weighted by Gasteiger charge is 2.12. The van der Waals surface area contributed by atoms with Gasteiger partial charge in [-0.25, -0.2) is 13.1 Å². The smallest absolute Gasteiger partial charge is 0.270 e. The van der Waals surface area contributed by atoms with E-state index >= 15 is 0 Å². The van der Waals surface area contributed by atoms with Gasteiger partial charge in [0.05, 0.1) is 9.82 Å². The lowest BCUT2D eigenvalue weighted by Crippen LogP contribution is -2.28. The molecule has 0 amide bonds. The monoisotopic (exact) mass is 399 g/mol. The second-order valence-electron chi connectivity index (χ2n) is 4.56. The van der Waals surface area contributed by atoms with Crippen LogP contribution in [0.5, 0.6) is 0 Å². The number of benzene rings is 2. The van der Waals surface area contributed by atoms with Gasteiger partial charge in [-0.3, -0.25) is 10.1 Å². The van der Waals surface area contributed by atoms with Crippen LogP contribution in [0.1, 0.15) is 0 Å². The third kappa shape index (κ3) is 4.75. The van der Waals surface area contributed by atoms with Gasteiger partial charge in [-0.15, -0.1) is 0 Å². The molecule has 2 aromatic rings. The maximum Gasteiger partial charge on any atom is 0.270 e. The van der Waals surface area contributed by atoms with Crippen LogP contribution in [0.2, 0.25) is 0 Å². The Labute approximate surface area is 142 Å². The summed E-state index contributed by atoms with van der Waals surface area (Å²) in [6, 6.07) is 12.4. The van der Waals surface area contributed by atoms with Crippen molar-refractivity contribution in [1.82, 2.24) is 4.72 Å². The SMILES string of the molecule is O=[N+]([O-])c1ccc(NCCNS(=O)(=O)c2ccccc2)c(Br)c1. The number of anilines is 1. The molecular formula is C14H14BrN3O4S. The van der Waals surface area contributed by atoms with Crippen LogP contribution < -0.4 is 10.0 Å². The molecule has 0 fully saturated rings. The predicted octanol–water partition coefficient (Wildman–Crippen LogP) is 2.75. The molecule has 0 heterocycles. The normalized spacial score (nSPS) is 11.2. The van der Waals surface area contributed by atoms with Crippen molar-refractivity contribution in [1.29, 1.82) is 0 Å². The average Bonchev–Trinajstić information content (AvgIpc) is 2.53. The Morgan fingerprint density at radius 1 is 1.09 bits per heavy atom. The summed E-state index contributed by atoms with van der Waals surface area (Å²) in [6.45, 7) is 0.517. The first-order chi connectivity index (χ1) is 10.9. The van der Waals surface area contributed by atoms with Crippen LogP contribution in [-0.4, -0.2) is 26.4 Å².